The van der Waals surface area contributed by atoms with Gasteiger partial charge in [0, 0.05) is 13.0 Å². The summed E-state index contributed by atoms with van der Waals surface area (Å²) in [5.74, 6) is -0.527. The van der Waals surface area contributed by atoms with Crippen molar-refractivity contribution in [2.75, 3.05) is 26.3 Å². The number of nitrogens with zero attached hydrogens (tertiary/aromatic N) is 1. The second-order valence-electron chi connectivity index (χ2n) is 6.44. The SMILES string of the molecule is O=C(Cc1ccccc1F)N1CCOC(CO)(Cc2ccccc2)C1. The standard InChI is InChI=1S/C20H22FNO3/c21-18-9-5-4-8-17(18)12-19(24)22-10-11-25-20(14-22,15-23)13-16-6-2-1-3-7-16/h1-9,23H,10-15H2. The van der Waals surface area contributed by atoms with E-state index < -0.39 is 5.60 Å². The van der Waals surface area contributed by atoms with Gasteiger partial charge in [0.2, 0.25) is 5.91 Å². The minimum absolute atomic E-state index is 0.0134. The molecular weight excluding hydrogens is 321 g/mol. The highest BCUT2D eigenvalue weighted by Gasteiger charge is 2.38. The third-order valence-electron chi connectivity index (χ3n) is 4.56. The lowest BCUT2D eigenvalue weighted by atomic mass is 9.93. The molecule has 1 saturated heterocycles. The van der Waals surface area contributed by atoms with Crippen molar-refractivity contribution in [3.8, 4) is 0 Å². The molecule has 1 heterocycles. The van der Waals surface area contributed by atoms with Crippen molar-refractivity contribution < 1.29 is 19.0 Å². The predicted molar refractivity (Wildman–Crippen MR) is 92.6 cm³/mol. The molecule has 1 N–H and O–H groups in total. The molecular formula is C20H22FNO3. The van der Waals surface area contributed by atoms with Gasteiger partial charge in [-0.2, -0.15) is 0 Å². The first-order valence-electron chi connectivity index (χ1n) is 8.42. The fraction of sp³-hybridized carbons (Fsp3) is 0.350. The highest BCUT2D eigenvalue weighted by atomic mass is 19.1. The monoisotopic (exact) mass is 343 g/mol. The van der Waals surface area contributed by atoms with E-state index in [1.54, 1.807) is 23.1 Å². The first kappa shape index (κ1) is 17.6. The van der Waals surface area contributed by atoms with Gasteiger partial charge in [-0.25, -0.2) is 4.39 Å². The van der Waals surface area contributed by atoms with Gasteiger partial charge in [0.15, 0.2) is 0 Å². The largest absolute Gasteiger partial charge is 0.393 e. The Kier molecular flexibility index (Phi) is 5.46. The van der Waals surface area contributed by atoms with E-state index >= 15 is 0 Å². The van der Waals surface area contributed by atoms with Crippen LogP contribution in [0.1, 0.15) is 11.1 Å². The summed E-state index contributed by atoms with van der Waals surface area (Å²) in [6, 6.07) is 16.1. The van der Waals surface area contributed by atoms with E-state index in [2.05, 4.69) is 0 Å². The number of amides is 1. The molecule has 1 amide bonds. The van der Waals surface area contributed by atoms with E-state index in [1.807, 2.05) is 30.3 Å². The molecule has 0 saturated carbocycles. The Labute approximate surface area is 146 Å². The number of hydrogen-bond donors (Lipinski definition) is 1. The summed E-state index contributed by atoms with van der Waals surface area (Å²) in [6.45, 7) is 0.928. The molecule has 3 rings (SSSR count). The fourth-order valence-corrected chi connectivity index (χ4v) is 3.20. The summed E-state index contributed by atoms with van der Waals surface area (Å²) in [6.07, 6.45) is 0.535. The second-order valence-corrected chi connectivity index (χ2v) is 6.44. The van der Waals surface area contributed by atoms with Crippen LogP contribution in [-0.2, 0) is 22.4 Å². The maximum absolute atomic E-state index is 13.8. The minimum Gasteiger partial charge on any atom is -0.393 e. The molecule has 4 nitrogen and oxygen atoms in total. The van der Waals surface area contributed by atoms with E-state index in [1.165, 1.54) is 6.07 Å². The normalized spacial score (nSPS) is 20.5. The highest BCUT2D eigenvalue weighted by Crippen LogP contribution is 2.24. The quantitative estimate of drug-likeness (QED) is 0.905. The number of benzene rings is 2. The molecule has 0 bridgehead atoms. The molecule has 2 aromatic carbocycles. The van der Waals surface area contributed by atoms with Crippen molar-refractivity contribution in [1.82, 2.24) is 4.90 Å². The van der Waals surface area contributed by atoms with Gasteiger partial charge in [-0.05, 0) is 17.2 Å². The summed E-state index contributed by atoms with van der Waals surface area (Å²) in [5.41, 5.74) is 0.612. The average Bonchev–Trinajstić information content (AvgIpc) is 2.64. The molecule has 1 aliphatic heterocycles. The van der Waals surface area contributed by atoms with Crippen LogP contribution in [0.3, 0.4) is 0 Å². The van der Waals surface area contributed by atoms with Gasteiger partial charge in [0.05, 0.1) is 26.2 Å². The van der Waals surface area contributed by atoms with Gasteiger partial charge >= 0.3 is 0 Å². The Balaban J connectivity index is 1.70. The van der Waals surface area contributed by atoms with Crippen LogP contribution in [0.15, 0.2) is 54.6 Å². The summed E-state index contributed by atoms with van der Waals surface area (Å²) in [5, 5.41) is 9.91. The van der Waals surface area contributed by atoms with Crippen LogP contribution in [0.4, 0.5) is 4.39 Å². The number of aliphatic hydroxyl groups excluding tert-OH is 1. The van der Waals surface area contributed by atoms with Crippen molar-refractivity contribution in [3.05, 3.63) is 71.5 Å². The number of ether oxygens (including phenoxy) is 1. The number of hydrogen-bond acceptors (Lipinski definition) is 3. The minimum atomic E-state index is -0.815. The van der Waals surface area contributed by atoms with Crippen molar-refractivity contribution in [1.29, 1.82) is 0 Å². The highest BCUT2D eigenvalue weighted by molar-refractivity contribution is 5.79. The predicted octanol–water partition coefficient (Wildman–Crippen LogP) is 2.20. The molecule has 25 heavy (non-hydrogen) atoms. The molecule has 0 radical (unpaired) electrons. The van der Waals surface area contributed by atoms with E-state index in [0.717, 1.165) is 5.56 Å². The van der Waals surface area contributed by atoms with Crippen LogP contribution in [0.2, 0.25) is 0 Å². The molecule has 2 aromatic rings. The number of morpholine rings is 1. The lowest BCUT2D eigenvalue weighted by Crippen LogP contribution is -2.57. The smallest absolute Gasteiger partial charge is 0.227 e. The van der Waals surface area contributed by atoms with Crippen LogP contribution in [0.25, 0.3) is 0 Å². The van der Waals surface area contributed by atoms with Gasteiger partial charge in [-0.1, -0.05) is 48.5 Å². The molecule has 132 valence electrons. The number of halogens is 1. The molecule has 0 spiro atoms. The zero-order valence-electron chi connectivity index (χ0n) is 14.0. The zero-order chi connectivity index (χ0) is 17.7. The van der Waals surface area contributed by atoms with Crippen molar-refractivity contribution in [2.24, 2.45) is 0 Å². The fourth-order valence-electron chi connectivity index (χ4n) is 3.20. The summed E-state index contributed by atoms with van der Waals surface area (Å²) in [7, 11) is 0. The van der Waals surface area contributed by atoms with Gasteiger partial charge in [0.25, 0.3) is 0 Å². The van der Waals surface area contributed by atoms with Gasteiger partial charge in [-0.3, -0.25) is 4.79 Å². The number of rotatable bonds is 5. The average molecular weight is 343 g/mol. The van der Waals surface area contributed by atoms with E-state index in [0.29, 0.717) is 31.7 Å². The van der Waals surface area contributed by atoms with Crippen LogP contribution in [0, 0.1) is 5.82 Å². The third-order valence-corrected chi connectivity index (χ3v) is 4.56. The maximum Gasteiger partial charge on any atom is 0.227 e. The van der Waals surface area contributed by atoms with Crippen LogP contribution in [-0.4, -0.2) is 47.8 Å². The zero-order valence-corrected chi connectivity index (χ0v) is 14.0. The Hall–Kier alpha value is -2.24. The summed E-state index contributed by atoms with van der Waals surface area (Å²) in [4.78, 5) is 14.3. The summed E-state index contributed by atoms with van der Waals surface area (Å²) < 4.78 is 19.6. The third kappa shape index (κ3) is 4.24. The molecule has 1 fully saturated rings. The Morgan fingerprint density at radius 1 is 1.16 bits per heavy atom. The summed E-state index contributed by atoms with van der Waals surface area (Å²) >= 11 is 0. The van der Waals surface area contributed by atoms with Gasteiger partial charge in [0.1, 0.15) is 11.4 Å². The molecule has 1 unspecified atom stereocenters. The molecule has 0 aliphatic carbocycles. The lowest BCUT2D eigenvalue weighted by molar-refractivity contribution is -0.157. The first-order valence-corrected chi connectivity index (χ1v) is 8.42. The Bertz CT molecular complexity index is 722. The van der Waals surface area contributed by atoms with E-state index in [-0.39, 0.29) is 24.8 Å². The lowest BCUT2D eigenvalue weighted by Gasteiger charge is -2.42. The van der Waals surface area contributed by atoms with E-state index in [4.69, 9.17) is 4.74 Å². The van der Waals surface area contributed by atoms with Crippen molar-refractivity contribution in [2.45, 2.75) is 18.4 Å². The van der Waals surface area contributed by atoms with Crippen LogP contribution < -0.4 is 0 Å². The number of aliphatic hydroxyl groups is 1. The number of carbonyl (C=O) groups is 1. The molecule has 5 heteroatoms. The topological polar surface area (TPSA) is 49.8 Å². The van der Waals surface area contributed by atoms with Crippen molar-refractivity contribution in [3.63, 3.8) is 0 Å². The molecule has 0 aromatic heterocycles. The molecule has 1 aliphatic rings. The van der Waals surface area contributed by atoms with Gasteiger partial charge < -0.3 is 14.7 Å². The van der Waals surface area contributed by atoms with E-state index in [9.17, 15) is 14.3 Å². The van der Waals surface area contributed by atoms with Gasteiger partial charge in [-0.15, -0.1) is 0 Å². The van der Waals surface area contributed by atoms with Crippen LogP contribution in [0.5, 0.6) is 0 Å². The first-order chi connectivity index (χ1) is 12.1. The molecule has 1 atom stereocenters. The van der Waals surface area contributed by atoms with Crippen molar-refractivity contribution >= 4 is 5.91 Å². The Morgan fingerprint density at radius 3 is 2.60 bits per heavy atom. The second kappa shape index (κ2) is 7.76. The number of carbonyl (C=O) groups excluding carboxylic acids is 1. The Morgan fingerprint density at radius 2 is 1.88 bits per heavy atom. The maximum atomic E-state index is 13.8. The van der Waals surface area contributed by atoms with Crippen LogP contribution >= 0.6 is 0 Å².